The van der Waals surface area contributed by atoms with E-state index in [0.717, 1.165) is 16.6 Å². The fraction of sp³-hybridized carbons (Fsp3) is 0.133. The van der Waals surface area contributed by atoms with Crippen molar-refractivity contribution in [2.45, 2.75) is 6.42 Å². The molecule has 21 heavy (non-hydrogen) atoms. The molecule has 4 nitrogen and oxygen atoms in total. The van der Waals surface area contributed by atoms with Crippen molar-refractivity contribution < 1.29 is 4.79 Å². The maximum Gasteiger partial charge on any atom is 0.269 e. The number of carbonyl (C=O) groups is 1. The van der Waals surface area contributed by atoms with Crippen molar-refractivity contribution in [3.05, 3.63) is 57.6 Å². The number of hydrogen-bond donors (Lipinski definition) is 1. The van der Waals surface area contributed by atoms with Gasteiger partial charge >= 0.3 is 0 Å². The van der Waals surface area contributed by atoms with Crippen molar-refractivity contribution >= 4 is 39.7 Å². The van der Waals surface area contributed by atoms with Gasteiger partial charge in [-0.2, -0.15) is 0 Å². The lowest BCUT2D eigenvalue weighted by Crippen LogP contribution is -2.26. The molecule has 106 valence electrons. The first-order chi connectivity index (χ1) is 10.2. The number of hydrogen-bond acceptors (Lipinski definition) is 4. The molecule has 0 atom stereocenters. The van der Waals surface area contributed by atoms with E-state index in [2.05, 4.69) is 15.3 Å². The Balaban J connectivity index is 1.72. The molecule has 0 unspecified atom stereocenters. The van der Waals surface area contributed by atoms with Gasteiger partial charge in [0.15, 0.2) is 0 Å². The van der Waals surface area contributed by atoms with Gasteiger partial charge in [0, 0.05) is 23.7 Å². The third-order valence-electron chi connectivity index (χ3n) is 3.05. The van der Waals surface area contributed by atoms with Gasteiger partial charge < -0.3 is 5.32 Å². The zero-order valence-electron chi connectivity index (χ0n) is 11.0. The Morgan fingerprint density at radius 3 is 3.00 bits per heavy atom. The maximum absolute atomic E-state index is 12.1. The number of para-hydroxylation sites is 1. The Labute approximate surface area is 130 Å². The van der Waals surface area contributed by atoms with Gasteiger partial charge in [0.25, 0.3) is 5.91 Å². The van der Waals surface area contributed by atoms with Crippen LogP contribution in [0.3, 0.4) is 0 Å². The Kier molecular flexibility index (Phi) is 4.13. The number of amides is 1. The average Bonchev–Trinajstić information content (AvgIpc) is 3.00. The maximum atomic E-state index is 12.1. The molecule has 6 heteroatoms. The molecular formula is C15H12ClN3OS. The number of benzene rings is 1. The number of fused-ring (bicyclic) bond motifs is 1. The Bertz CT molecular complexity index is 774. The van der Waals surface area contributed by atoms with Crippen LogP contribution < -0.4 is 5.32 Å². The molecule has 2 heterocycles. The van der Waals surface area contributed by atoms with Gasteiger partial charge in [-0.1, -0.05) is 29.8 Å². The lowest BCUT2D eigenvalue weighted by atomic mass is 10.2. The van der Waals surface area contributed by atoms with Gasteiger partial charge in [-0.3, -0.25) is 4.79 Å². The first kappa shape index (κ1) is 14.0. The standard InChI is InChI=1S/C15H12ClN3OS/c16-12-7-14(19-13-4-2-1-3-11(12)13)15(20)17-6-5-10-8-21-9-18-10/h1-4,7-9H,5-6H2,(H,17,20). The van der Waals surface area contributed by atoms with Crippen LogP contribution >= 0.6 is 22.9 Å². The molecule has 0 fully saturated rings. The summed E-state index contributed by atoms with van der Waals surface area (Å²) in [6.07, 6.45) is 0.705. The number of nitrogens with one attached hydrogen (secondary N) is 1. The third-order valence-corrected chi connectivity index (χ3v) is 4.00. The smallest absolute Gasteiger partial charge is 0.269 e. The highest BCUT2D eigenvalue weighted by atomic mass is 35.5. The van der Waals surface area contributed by atoms with Crippen LogP contribution in [0, 0.1) is 0 Å². The Morgan fingerprint density at radius 1 is 1.33 bits per heavy atom. The summed E-state index contributed by atoms with van der Waals surface area (Å²) in [5.41, 5.74) is 3.80. The number of aromatic nitrogens is 2. The highest BCUT2D eigenvalue weighted by molar-refractivity contribution is 7.07. The van der Waals surface area contributed by atoms with Crippen LogP contribution in [0.2, 0.25) is 5.02 Å². The van der Waals surface area contributed by atoms with Gasteiger partial charge in [-0.05, 0) is 12.1 Å². The minimum atomic E-state index is -0.224. The van der Waals surface area contributed by atoms with E-state index in [4.69, 9.17) is 11.6 Å². The fourth-order valence-corrected chi connectivity index (χ4v) is 2.86. The summed E-state index contributed by atoms with van der Waals surface area (Å²) in [5, 5.41) is 6.18. The van der Waals surface area contributed by atoms with Crippen LogP contribution in [0.5, 0.6) is 0 Å². The highest BCUT2D eigenvalue weighted by Crippen LogP contribution is 2.22. The summed E-state index contributed by atoms with van der Waals surface area (Å²) in [5.74, 6) is -0.224. The number of pyridine rings is 1. The van der Waals surface area contributed by atoms with E-state index in [9.17, 15) is 4.79 Å². The lowest BCUT2D eigenvalue weighted by Gasteiger charge is -2.06. The molecule has 0 aliphatic carbocycles. The number of thiazole rings is 1. The van der Waals surface area contributed by atoms with Crippen molar-refractivity contribution in [3.63, 3.8) is 0 Å². The van der Waals surface area contributed by atoms with Crippen LogP contribution in [0.1, 0.15) is 16.2 Å². The molecule has 0 aliphatic rings. The summed E-state index contributed by atoms with van der Waals surface area (Å²) in [6, 6.07) is 9.09. The first-order valence-electron chi connectivity index (χ1n) is 6.44. The van der Waals surface area contributed by atoms with Crippen molar-refractivity contribution in [1.82, 2.24) is 15.3 Å². The highest BCUT2D eigenvalue weighted by Gasteiger charge is 2.10. The predicted octanol–water partition coefficient (Wildman–Crippen LogP) is 3.32. The van der Waals surface area contributed by atoms with Gasteiger partial charge in [0.1, 0.15) is 5.69 Å². The number of nitrogens with zero attached hydrogens (tertiary/aromatic N) is 2. The van der Waals surface area contributed by atoms with E-state index in [1.165, 1.54) is 0 Å². The Hall–Kier alpha value is -1.98. The second-order valence-corrected chi connectivity index (χ2v) is 5.62. The summed E-state index contributed by atoms with van der Waals surface area (Å²) in [4.78, 5) is 20.6. The van der Waals surface area contributed by atoms with E-state index in [1.807, 2.05) is 29.6 Å². The zero-order valence-corrected chi connectivity index (χ0v) is 12.6. The number of carbonyl (C=O) groups excluding carboxylic acids is 1. The summed E-state index contributed by atoms with van der Waals surface area (Å²) >= 11 is 7.74. The second-order valence-electron chi connectivity index (χ2n) is 4.49. The monoisotopic (exact) mass is 317 g/mol. The SMILES string of the molecule is O=C(NCCc1cscn1)c1cc(Cl)c2ccccc2n1. The second kappa shape index (κ2) is 6.20. The van der Waals surface area contributed by atoms with E-state index in [-0.39, 0.29) is 5.91 Å². The topological polar surface area (TPSA) is 54.9 Å². The van der Waals surface area contributed by atoms with Crippen molar-refractivity contribution in [2.75, 3.05) is 6.54 Å². The molecule has 0 saturated carbocycles. The molecule has 0 spiro atoms. The van der Waals surface area contributed by atoms with Crippen molar-refractivity contribution in [1.29, 1.82) is 0 Å². The number of rotatable bonds is 4. The van der Waals surface area contributed by atoms with Crippen LogP contribution in [0.25, 0.3) is 10.9 Å². The molecule has 1 amide bonds. The minimum absolute atomic E-state index is 0.224. The zero-order chi connectivity index (χ0) is 14.7. The molecule has 0 aliphatic heterocycles. The lowest BCUT2D eigenvalue weighted by molar-refractivity contribution is 0.0949. The van der Waals surface area contributed by atoms with Gasteiger partial charge in [-0.25, -0.2) is 9.97 Å². The van der Waals surface area contributed by atoms with Crippen molar-refractivity contribution in [2.24, 2.45) is 0 Å². The quantitative estimate of drug-likeness (QED) is 0.803. The molecule has 0 saturated heterocycles. The normalized spacial score (nSPS) is 10.7. The fourth-order valence-electron chi connectivity index (χ4n) is 2.00. The average molecular weight is 318 g/mol. The molecule has 3 rings (SSSR count). The molecule has 2 aromatic heterocycles. The van der Waals surface area contributed by atoms with E-state index in [0.29, 0.717) is 23.7 Å². The van der Waals surface area contributed by atoms with Crippen LogP contribution in [-0.4, -0.2) is 22.4 Å². The first-order valence-corrected chi connectivity index (χ1v) is 7.76. The number of halogens is 1. The van der Waals surface area contributed by atoms with Gasteiger partial charge in [-0.15, -0.1) is 11.3 Å². The van der Waals surface area contributed by atoms with E-state index < -0.39 is 0 Å². The molecule has 1 aromatic carbocycles. The van der Waals surface area contributed by atoms with Crippen LogP contribution in [-0.2, 0) is 6.42 Å². The van der Waals surface area contributed by atoms with Gasteiger partial charge in [0.05, 0.1) is 21.7 Å². The van der Waals surface area contributed by atoms with Crippen LogP contribution in [0.15, 0.2) is 41.2 Å². The third kappa shape index (κ3) is 3.20. The minimum Gasteiger partial charge on any atom is -0.350 e. The molecule has 0 bridgehead atoms. The van der Waals surface area contributed by atoms with Crippen molar-refractivity contribution in [3.8, 4) is 0 Å². The summed E-state index contributed by atoms with van der Waals surface area (Å²) in [6.45, 7) is 0.523. The largest absolute Gasteiger partial charge is 0.350 e. The predicted molar refractivity (Wildman–Crippen MR) is 84.9 cm³/mol. The molecule has 1 N–H and O–H groups in total. The molecular weight excluding hydrogens is 306 g/mol. The molecule has 0 radical (unpaired) electrons. The van der Waals surface area contributed by atoms with E-state index >= 15 is 0 Å². The summed E-state index contributed by atoms with van der Waals surface area (Å²) < 4.78 is 0. The Morgan fingerprint density at radius 2 is 2.19 bits per heavy atom. The van der Waals surface area contributed by atoms with Crippen LogP contribution in [0.4, 0.5) is 0 Å². The summed E-state index contributed by atoms with van der Waals surface area (Å²) in [7, 11) is 0. The van der Waals surface area contributed by atoms with Gasteiger partial charge in [0.2, 0.25) is 0 Å². The molecule has 3 aromatic rings. The van der Waals surface area contributed by atoms with E-state index in [1.54, 1.807) is 22.9 Å².